The average Bonchev–Trinajstić information content (AvgIpc) is 3.28. The molecule has 2 N–H and O–H groups in total. The first-order valence-corrected chi connectivity index (χ1v) is 9.62. The molecule has 1 atom stereocenters. The maximum Gasteiger partial charge on any atom is 0.205 e. The first-order chi connectivity index (χ1) is 11.8. The molecule has 2 aromatic heterocycles. The van der Waals surface area contributed by atoms with Gasteiger partial charge in [0, 0.05) is 9.75 Å². The molecule has 2 aromatic rings. The van der Waals surface area contributed by atoms with E-state index >= 15 is 0 Å². The molecule has 0 saturated carbocycles. The lowest BCUT2D eigenvalue weighted by Gasteiger charge is -2.32. The second kappa shape index (κ2) is 6.31. The van der Waals surface area contributed by atoms with Crippen LogP contribution in [0.5, 0.6) is 0 Å². The van der Waals surface area contributed by atoms with Gasteiger partial charge in [0.2, 0.25) is 5.88 Å². The van der Waals surface area contributed by atoms with Crippen molar-refractivity contribution in [3.8, 4) is 6.07 Å². The molecule has 2 aliphatic rings. The summed E-state index contributed by atoms with van der Waals surface area (Å²) in [5, 5.41) is 13.7. The van der Waals surface area contributed by atoms with E-state index in [4.69, 9.17) is 10.5 Å². The molecule has 0 aromatic carbocycles. The molecule has 0 spiro atoms. The molecule has 0 fully saturated rings. The fourth-order valence-electron chi connectivity index (χ4n) is 3.36. The summed E-state index contributed by atoms with van der Waals surface area (Å²) in [6.07, 6.45) is 5.18. The molecular formula is C19H16N2OS2. The molecule has 120 valence electrons. The molecule has 5 heteroatoms. The van der Waals surface area contributed by atoms with Crippen LogP contribution in [0.25, 0.3) is 6.08 Å². The lowest BCUT2D eigenvalue weighted by Crippen LogP contribution is -2.23. The molecule has 1 aliphatic carbocycles. The molecule has 0 saturated heterocycles. The lowest BCUT2D eigenvalue weighted by atomic mass is 9.79. The number of nitriles is 1. The lowest BCUT2D eigenvalue weighted by molar-refractivity contribution is 0.277. The standard InChI is InChI=1S/C19H16N2OS2/c20-11-15-17(16-7-3-9-24-16)14-6-1-4-12(18(14)22-19(15)21)10-13-5-2-8-23-13/h2-3,5,7-10,17H,1,4,6,21H2/b12-10+. The highest BCUT2D eigenvalue weighted by Crippen LogP contribution is 2.47. The minimum absolute atomic E-state index is 0.0641. The van der Waals surface area contributed by atoms with Crippen LogP contribution in [0.15, 0.2) is 63.4 Å². The topological polar surface area (TPSA) is 59.0 Å². The van der Waals surface area contributed by atoms with Gasteiger partial charge in [-0.1, -0.05) is 12.1 Å². The van der Waals surface area contributed by atoms with E-state index in [0.717, 1.165) is 29.9 Å². The number of nitrogens with zero attached hydrogens (tertiary/aromatic N) is 1. The SMILES string of the molecule is N#CC1=C(N)OC2=C(CCC/C2=C\c2cccs2)C1c1cccs1. The maximum absolute atomic E-state index is 9.60. The molecule has 4 rings (SSSR count). The predicted molar refractivity (Wildman–Crippen MR) is 98.1 cm³/mol. The zero-order valence-corrected chi connectivity index (χ0v) is 14.6. The Labute approximate surface area is 149 Å². The molecule has 24 heavy (non-hydrogen) atoms. The van der Waals surface area contributed by atoms with E-state index in [1.54, 1.807) is 22.7 Å². The average molecular weight is 352 g/mol. The minimum Gasteiger partial charge on any atom is -0.440 e. The molecular weight excluding hydrogens is 336 g/mol. The van der Waals surface area contributed by atoms with Crippen LogP contribution in [0.2, 0.25) is 0 Å². The summed E-state index contributed by atoms with van der Waals surface area (Å²) in [6, 6.07) is 10.5. The Balaban J connectivity index is 1.84. The van der Waals surface area contributed by atoms with Crippen molar-refractivity contribution in [1.82, 2.24) is 0 Å². The summed E-state index contributed by atoms with van der Waals surface area (Å²) >= 11 is 3.38. The second-order valence-electron chi connectivity index (χ2n) is 5.83. The van der Waals surface area contributed by atoms with Crippen LogP contribution < -0.4 is 5.73 Å². The van der Waals surface area contributed by atoms with Crippen LogP contribution in [0, 0.1) is 11.3 Å². The van der Waals surface area contributed by atoms with E-state index in [9.17, 15) is 5.26 Å². The van der Waals surface area contributed by atoms with Gasteiger partial charge in [-0.25, -0.2) is 0 Å². The van der Waals surface area contributed by atoms with Gasteiger partial charge in [0.25, 0.3) is 0 Å². The third-order valence-electron chi connectivity index (χ3n) is 4.40. The molecule has 0 amide bonds. The third-order valence-corrected chi connectivity index (χ3v) is 6.15. The van der Waals surface area contributed by atoms with Gasteiger partial charge in [0.1, 0.15) is 17.4 Å². The van der Waals surface area contributed by atoms with E-state index in [-0.39, 0.29) is 11.8 Å². The first kappa shape index (κ1) is 15.3. The number of hydrogen-bond donors (Lipinski definition) is 1. The summed E-state index contributed by atoms with van der Waals surface area (Å²) in [7, 11) is 0. The zero-order valence-electron chi connectivity index (χ0n) is 13.0. The van der Waals surface area contributed by atoms with E-state index in [1.807, 2.05) is 17.5 Å². The van der Waals surface area contributed by atoms with Crippen molar-refractivity contribution in [2.75, 3.05) is 0 Å². The summed E-state index contributed by atoms with van der Waals surface area (Å²) < 4.78 is 5.94. The van der Waals surface area contributed by atoms with Crippen molar-refractivity contribution in [2.24, 2.45) is 5.73 Å². The summed E-state index contributed by atoms with van der Waals surface area (Å²) in [6.45, 7) is 0. The quantitative estimate of drug-likeness (QED) is 0.814. The van der Waals surface area contributed by atoms with Gasteiger partial charge in [-0.2, -0.15) is 5.26 Å². The van der Waals surface area contributed by atoms with E-state index in [2.05, 4.69) is 29.7 Å². The smallest absolute Gasteiger partial charge is 0.205 e. The van der Waals surface area contributed by atoms with Gasteiger partial charge in [-0.05, 0) is 59.4 Å². The fraction of sp³-hybridized carbons (Fsp3) is 0.211. The Kier molecular flexibility index (Phi) is 4.01. The molecule has 0 radical (unpaired) electrons. The first-order valence-electron chi connectivity index (χ1n) is 7.86. The third kappa shape index (κ3) is 2.58. The Morgan fingerprint density at radius 1 is 1.21 bits per heavy atom. The van der Waals surface area contributed by atoms with Crippen LogP contribution in [0.4, 0.5) is 0 Å². The Morgan fingerprint density at radius 2 is 2.04 bits per heavy atom. The number of hydrogen-bond acceptors (Lipinski definition) is 5. The number of ether oxygens (including phenoxy) is 1. The number of thiophene rings is 2. The van der Waals surface area contributed by atoms with Gasteiger partial charge in [0.05, 0.1) is 5.92 Å². The van der Waals surface area contributed by atoms with Crippen LogP contribution in [-0.2, 0) is 4.74 Å². The number of nitrogens with two attached hydrogens (primary N) is 1. The zero-order chi connectivity index (χ0) is 16.5. The predicted octanol–water partition coefficient (Wildman–Crippen LogP) is 5.14. The van der Waals surface area contributed by atoms with Gasteiger partial charge < -0.3 is 10.5 Å². The monoisotopic (exact) mass is 352 g/mol. The highest BCUT2D eigenvalue weighted by Gasteiger charge is 2.35. The minimum atomic E-state index is -0.0641. The maximum atomic E-state index is 9.60. The summed E-state index contributed by atoms with van der Waals surface area (Å²) in [5.41, 5.74) is 9.02. The van der Waals surface area contributed by atoms with Crippen LogP contribution in [0.1, 0.15) is 34.9 Å². The van der Waals surface area contributed by atoms with Crippen LogP contribution in [-0.4, -0.2) is 0 Å². The molecule has 1 aliphatic heterocycles. The molecule has 3 heterocycles. The Morgan fingerprint density at radius 3 is 2.75 bits per heavy atom. The summed E-state index contributed by atoms with van der Waals surface area (Å²) in [4.78, 5) is 2.37. The van der Waals surface area contributed by atoms with Crippen LogP contribution in [0.3, 0.4) is 0 Å². The van der Waals surface area contributed by atoms with Crippen molar-refractivity contribution in [2.45, 2.75) is 25.2 Å². The Bertz CT molecular complexity index is 880. The molecule has 0 bridgehead atoms. The van der Waals surface area contributed by atoms with E-state index < -0.39 is 0 Å². The van der Waals surface area contributed by atoms with E-state index in [0.29, 0.717) is 5.57 Å². The molecule has 3 nitrogen and oxygen atoms in total. The van der Waals surface area contributed by atoms with Gasteiger partial charge in [-0.3, -0.25) is 0 Å². The van der Waals surface area contributed by atoms with Gasteiger partial charge in [-0.15, -0.1) is 22.7 Å². The number of rotatable bonds is 2. The van der Waals surface area contributed by atoms with Crippen molar-refractivity contribution in [1.29, 1.82) is 5.26 Å². The molecule has 1 unspecified atom stereocenters. The van der Waals surface area contributed by atoms with Crippen molar-refractivity contribution in [3.05, 3.63) is 73.1 Å². The fourth-order valence-corrected chi connectivity index (χ4v) is 4.91. The van der Waals surface area contributed by atoms with E-state index in [1.165, 1.54) is 16.0 Å². The summed E-state index contributed by atoms with van der Waals surface area (Å²) in [5.74, 6) is 1.06. The normalized spacial score (nSPS) is 22.3. The highest BCUT2D eigenvalue weighted by atomic mass is 32.1. The largest absolute Gasteiger partial charge is 0.440 e. The van der Waals surface area contributed by atoms with Crippen molar-refractivity contribution < 1.29 is 4.74 Å². The second-order valence-corrected chi connectivity index (χ2v) is 7.79. The van der Waals surface area contributed by atoms with Crippen molar-refractivity contribution in [3.63, 3.8) is 0 Å². The van der Waals surface area contributed by atoms with Gasteiger partial charge >= 0.3 is 0 Å². The van der Waals surface area contributed by atoms with Crippen molar-refractivity contribution >= 4 is 28.7 Å². The highest BCUT2D eigenvalue weighted by molar-refractivity contribution is 7.10. The number of allylic oxidation sites excluding steroid dienone is 3. The van der Waals surface area contributed by atoms with Crippen LogP contribution >= 0.6 is 22.7 Å². The van der Waals surface area contributed by atoms with Gasteiger partial charge in [0.15, 0.2) is 0 Å². The Hall–Kier alpha value is -2.29.